The third kappa shape index (κ3) is 2.70. The first kappa shape index (κ1) is 15.6. The molecule has 0 radical (unpaired) electrons. The molecule has 0 saturated heterocycles. The minimum atomic E-state index is -5.62. The zero-order valence-corrected chi connectivity index (χ0v) is 12.8. The molecule has 2 bridgehead atoms. The van der Waals surface area contributed by atoms with Crippen LogP contribution in [0.3, 0.4) is 0 Å². The Balaban J connectivity index is 2.14. The highest BCUT2D eigenvalue weighted by atomic mass is 31.3. The van der Waals surface area contributed by atoms with E-state index in [1.165, 1.54) is 0 Å². The number of phosphoric acid groups is 2. The Bertz CT molecular complexity index is 470. The van der Waals surface area contributed by atoms with Crippen LogP contribution in [0.4, 0.5) is 0 Å². The summed E-state index contributed by atoms with van der Waals surface area (Å²) in [6, 6.07) is 0. The summed E-state index contributed by atoms with van der Waals surface area (Å²) in [6.07, 6.45) is 1.69. The van der Waals surface area contributed by atoms with Gasteiger partial charge >= 0.3 is 0 Å². The van der Waals surface area contributed by atoms with Crippen LogP contribution in [0.5, 0.6) is 0 Å². The molecule has 4 atom stereocenters. The lowest BCUT2D eigenvalue weighted by Crippen LogP contribution is -2.37. The monoisotopic (exact) mass is 311 g/mol. The minimum Gasteiger partial charge on any atom is -0.790 e. The molecule has 0 heterocycles. The molecular weight excluding hydrogens is 294 g/mol. The van der Waals surface area contributed by atoms with Crippen LogP contribution >= 0.6 is 15.6 Å². The van der Waals surface area contributed by atoms with E-state index in [2.05, 4.69) is 18.2 Å². The van der Waals surface area contributed by atoms with Crippen LogP contribution in [-0.2, 0) is 18.0 Å². The molecule has 7 nitrogen and oxygen atoms in total. The van der Waals surface area contributed by atoms with Crippen LogP contribution in [0.1, 0.15) is 40.0 Å². The van der Waals surface area contributed by atoms with E-state index in [0.717, 1.165) is 12.8 Å². The Hall–Kier alpha value is 0.260. The number of fused-ring (bicyclic) bond motifs is 2. The number of phosphoric ester groups is 1. The van der Waals surface area contributed by atoms with E-state index in [1.54, 1.807) is 0 Å². The van der Waals surface area contributed by atoms with Gasteiger partial charge in [-0.3, -0.25) is 8.88 Å². The molecule has 1 unspecified atom stereocenters. The van der Waals surface area contributed by atoms with Gasteiger partial charge in [0.1, 0.15) is 0 Å². The number of hydrogen-bond donors (Lipinski definition) is 0. The smallest absolute Gasteiger partial charge is 0.272 e. The van der Waals surface area contributed by atoms with Crippen molar-refractivity contribution < 1.29 is 32.6 Å². The van der Waals surface area contributed by atoms with E-state index in [1.807, 2.05) is 6.92 Å². The molecule has 2 fully saturated rings. The average Bonchev–Trinajstić information content (AvgIpc) is 2.45. The van der Waals surface area contributed by atoms with Crippen molar-refractivity contribution in [1.29, 1.82) is 0 Å². The van der Waals surface area contributed by atoms with Gasteiger partial charge in [-0.2, -0.15) is 0 Å². The molecule has 0 N–H and O–H groups in total. The first-order valence-corrected chi connectivity index (χ1v) is 9.02. The first-order valence-electron chi connectivity index (χ1n) is 6.10. The fourth-order valence-electron chi connectivity index (χ4n) is 3.59. The van der Waals surface area contributed by atoms with Crippen molar-refractivity contribution in [2.24, 2.45) is 16.7 Å². The van der Waals surface area contributed by atoms with Gasteiger partial charge < -0.3 is 23.8 Å². The fraction of sp³-hybridized carbons (Fsp3) is 1.00. The normalized spacial score (nSPS) is 40.3. The predicted molar refractivity (Wildman–Crippen MR) is 60.4 cm³/mol. The van der Waals surface area contributed by atoms with Crippen molar-refractivity contribution in [2.75, 3.05) is 0 Å². The first-order chi connectivity index (χ1) is 8.37. The molecule has 2 saturated carbocycles. The molecule has 0 spiro atoms. The van der Waals surface area contributed by atoms with Gasteiger partial charge in [-0.1, -0.05) is 20.8 Å². The molecular formula is C10H17O7P2-3. The Morgan fingerprint density at radius 3 is 2.11 bits per heavy atom. The van der Waals surface area contributed by atoms with Crippen LogP contribution in [-0.4, -0.2) is 6.10 Å². The van der Waals surface area contributed by atoms with Crippen LogP contribution in [0.25, 0.3) is 0 Å². The summed E-state index contributed by atoms with van der Waals surface area (Å²) in [7, 11) is -10.7. The Morgan fingerprint density at radius 1 is 1.16 bits per heavy atom. The Labute approximate surface area is 112 Å². The fourth-order valence-corrected chi connectivity index (χ4v) is 5.35. The second-order valence-electron chi connectivity index (χ2n) is 6.18. The van der Waals surface area contributed by atoms with E-state index >= 15 is 0 Å². The van der Waals surface area contributed by atoms with E-state index in [4.69, 9.17) is 4.52 Å². The van der Waals surface area contributed by atoms with E-state index in [-0.39, 0.29) is 10.8 Å². The van der Waals surface area contributed by atoms with Gasteiger partial charge in [0.05, 0.1) is 13.9 Å². The van der Waals surface area contributed by atoms with Crippen molar-refractivity contribution in [3.05, 3.63) is 0 Å². The highest BCUT2D eigenvalue weighted by molar-refractivity contribution is 7.58. The Morgan fingerprint density at radius 2 is 1.74 bits per heavy atom. The summed E-state index contributed by atoms with van der Waals surface area (Å²) in [5, 5.41) is 0. The summed E-state index contributed by atoms with van der Waals surface area (Å²) >= 11 is 0. The summed E-state index contributed by atoms with van der Waals surface area (Å²) in [5.41, 5.74) is -0.451. The molecule has 112 valence electrons. The van der Waals surface area contributed by atoms with E-state index in [9.17, 15) is 23.8 Å². The zero-order chi connectivity index (χ0) is 14.7. The minimum absolute atomic E-state index is 0.0870. The van der Waals surface area contributed by atoms with Gasteiger partial charge in [-0.25, -0.2) is 0 Å². The maximum atomic E-state index is 11.4. The highest BCUT2D eigenvalue weighted by Crippen LogP contribution is 2.68. The van der Waals surface area contributed by atoms with Crippen molar-refractivity contribution in [1.82, 2.24) is 0 Å². The Kier molecular flexibility index (Phi) is 3.60. The second kappa shape index (κ2) is 4.38. The second-order valence-corrected chi connectivity index (χ2v) is 8.83. The third-order valence-corrected chi connectivity index (χ3v) is 7.28. The number of hydrogen-bond acceptors (Lipinski definition) is 7. The SMILES string of the molecule is CC1(C)[C@H]2CC[C@]1(C)[C@H](OP(=O)([O-])OP(=O)([O-])[O-])C2. The van der Waals surface area contributed by atoms with Gasteiger partial charge in [0, 0.05) is 0 Å². The van der Waals surface area contributed by atoms with Crippen LogP contribution in [0.2, 0.25) is 0 Å². The molecule has 0 aromatic heterocycles. The lowest BCUT2D eigenvalue weighted by Gasteiger charge is -2.42. The summed E-state index contributed by atoms with van der Waals surface area (Å²) in [4.78, 5) is 32.2. The van der Waals surface area contributed by atoms with Crippen molar-refractivity contribution >= 4 is 15.6 Å². The molecule has 2 aliphatic carbocycles. The predicted octanol–water partition coefficient (Wildman–Crippen LogP) is 0.531. The lowest BCUT2D eigenvalue weighted by molar-refractivity contribution is -0.340. The maximum Gasteiger partial charge on any atom is 0.272 e. The summed E-state index contributed by atoms with van der Waals surface area (Å²) in [5.74, 6) is 0.328. The average molecular weight is 311 g/mol. The van der Waals surface area contributed by atoms with Gasteiger partial charge in [0.15, 0.2) is 0 Å². The van der Waals surface area contributed by atoms with Crippen LogP contribution in [0, 0.1) is 16.7 Å². The van der Waals surface area contributed by atoms with E-state index in [0.29, 0.717) is 12.3 Å². The number of rotatable bonds is 4. The summed E-state index contributed by atoms with van der Waals surface area (Å²) < 4.78 is 30.2. The molecule has 0 aromatic carbocycles. The van der Waals surface area contributed by atoms with Crippen molar-refractivity contribution in [3.63, 3.8) is 0 Å². The molecule has 0 aromatic rings. The summed E-state index contributed by atoms with van der Waals surface area (Å²) in [6.45, 7) is 6.03. The molecule has 0 amide bonds. The lowest BCUT2D eigenvalue weighted by atomic mass is 9.70. The molecule has 19 heavy (non-hydrogen) atoms. The van der Waals surface area contributed by atoms with Crippen molar-refractivity contribution in [3.8, 4) is 0 Å². The molecule has 9 heteroatoms. The maximum absolute atomic E-state index is 11.4. The molecule has 2 aliphatic rings. The van der Waals surface area contributed by atoms with Crippen LogP contribution < -0.4 is 14.7 Å². The van der Waals surface area contributed by atoms with Crippen molar-refractivity contribution in [2.45, 2.75) is 46.1 Å². The molecule has 2 rings (SSSR count). The highest BCUT2D eigenvalue weighted by Gasteiger charge is 2.62. The largest absolute Gasteiger partial charge is 0.790 e. The zero-order valence-electron chi connectivity index (χ0n) is 11.0. The standard InChI is InChI=1S/C10H20O7P2/c1-9(2)7-4-5-10(9,3)8(6-7)16-19(14,15)17-18(11,12)13/h7-8H,4-6H2,1-3H3,(H,14,15)(H2,11,12,13)/p-3/t7-,8+,10+/m0/s1. The van der Waals surface area contributed by atoms with Gasteiger partial charge in [-0.15, -0.1) is 0 Å². The quantitative estimate of drug-likeness (QED) is 0.694. The third-order valence-electron chi connectivity index (χ3n) is 5.17. The van der Waals surface area contributed by atoms with Gasteiger partial charge in [-0.05, 0) is 36.0 Å². The van der Waals surface area contributed by atoms with Gasteiger partial charge in [0.2, 0.25) is 0 Å². The molecule has 0 aliphatic heterocycles. The van der Waals surface area contributed by atoms with Gasteiger partial charge in [0.25, 0.3) is 7.82 Å². The van der Waals surface area contributed by atoms with Crippen LogP contribution in [0.15, 0.2) is 0 Å². The topological polar surface area (TPSA) is 122 Å². The van der Waals surface area contributed by atoms with E-state index < -0.39 is 21.7 Å².